The number of hydrogen-bond donors (Lipinski definition) is 1. The summed E-state index contributed by atoms with van der Waals surface area (Å²) in [6, 6.07) is 9.02. The van der Waals surface area contributed by atoms with Crippen molar-refractivity contribution in [1.82, 2.24) is 4.98 Å². The highest BCUT2D eigenvalue weighted by molar-refractivity contribution is 7.20. The standard InChI is InChI=1S/C18H16Cl2N2O3S2/c1-2-7-24-13-5-3-4-6-14(13)25-9-16(23)22-18-21-12(10-26-18)11-8-15(19)27-17(11)20/h3-6,8,10H,2,7,9H2,1H3,(H,21,22,23). The summed E-state index contributed by atoms with van der Waals surface area (Å²) in [5.74, 6) is 0.837. The molecular formula is C18H16Cl2N2O3S2. The second-order valence-electron chi connectivity index (χ2n) is 5.41. The fourth-order valence-electron chi connectivity index (χ4n) is 2.17. The first-order chi connectivity index (χ1) is 13.1. The number of nitrogens with zero attached hydrogens (tertiary/aromatic N) is 1. The van der Waals surface area contributed by atoms with Crippen molar-refractivity contribution >= 4 is 56.9 Å². The molecule has 9 heteroatoms. The molecule has 5 nitrogen and oxygen atoms in total. The molecule has 1 aromatic carbocycles. The molecule has 0 spiro atoms. The second kappa shape index (κ2) is 9.41. The average molecular weight is 443 g/mol. The number of thiazole rings is 1. The topological polar surface area (TPSA) is 60.5 Å². The van der Waals surface area contributed by atoms with Crippen LogP contribution >= 0.6 is 45.9 Å². The van der Waals surface area contributed by atoms with Gasteiger partial charge in [0.05, 0.1) is 16.6 Å². The zero-order valence-electron chi connectivity index (χ0n) is 14.3. The number of anilines is 1. The summed E-state index contributed by atoms with van der Waals surface area (Å²) in [4.78, 5) is 16.6. The van der Waals surface area contributed by atoms with Gasteiger partial charge in [-0.15, -0.1) is 22.7 Å². The predicted molar refractivity (Wildman–Crippen MR) is 112 cm³/mol. The van der Waals surface area contributed by atoms with Crippen LogP contribution in [0.3, 0.4) is 0 Å². The van der Waals surface area contributed by atoms with Crippen molar-refractivity contribution in [3.05, 3.63) is 44.4 Å². The normalized spacial score (nSPS) is 10.6. The number of benzene rings is 1. The highest BCUT2D eigenvalue weighted by atomic mass is 35.5. The van der Waals surface area contributed by atoms with Crippen LogP contribution in [0.15, 0.2) is 35.7 Å². The summed E-state index contributed by atoms with van der Waals surface area (Å²) in [5.41, 5.74) is 1.42. The number of para-hydroxylation sites is 2. The SMILES string of the molecule is CCCOc1ccccc1OCC(=O)Nc1nc(-c2cc(Cl)sc2Cl)cs1. The predicted octanol–water partition coefficient (Wildman–Crippen LogP) is 5.98. The molecule has 0 radical (unpaired) electrons. The van der Waals surface area contributed by atoms with Gasteiger partial charge in [0.2, 0.25) is 0 Å². The van der Waals surface area contributed by atoms with Gasteiger partial charge in [0.25, 0.3) is 5.91 Å². The van der Waals surface area contributed by atoms with Crippen LogP contribution in [-0.4, -0.2) is 24.1 Å². The number of amides is 1. The van der Waals surface area contributed by atoms with E-state index in [0.717, 1.165) is 12.0 Å². The Balaban J connectivity index is 1.58. The molecule has 142 valence electrons. The number of carbonyl (C=O) groups is 1. The molecule has 0 fully saturated rings. The van der Waals surface area contributed by atoms with Gasteiger partial charge in [-0.1, -0.05) is 42.3 Å². The van der Waals surface area contributed by atoms with Crippen molar-refractivity contribution in [3.63, 3.8) is 0 Å². The lowest BCUT2D eigenvalue weighted by Gasteiger charge is -2.11. The largest absolute Gasteiger partial charge is 0.490 e. The third-order valence-corrected chi connectivity index (χ3v) is 5.60. The second-order valence-corrected chi connectivity index (χ2v) is 8.55. The maximum absolute atomic E-state index is 12.2. The third-order valence-electron chi connectivity index (χ3n) is 3.35. The molecule has 0 aliphatic carbocycles. The number of nitrogens with one attached hydrogen (secondary N) is 1. The van der Waals surface area contributed by atoms with E-state index in [2.05, 4.69) is 10.3 Å². The molecular weight excluding hydrogens is 427 g/mol. The maximum Gasteiger partial charge on any atom is 0.264 e. The third kappa shape index (κ3) is 5.35. The molecule has 3 rings (SSSR count). The minimum Gasteiger partial charge on any atom is -0.490 e. The molecule has 0 aliphatic rings. The molecule has 0 saturated heterocycles. The van der Waals surface area contributed by atoms with Gasteiger partial charge in [-0.3, -0.25) is 10.1 Å². The summed E-state index contributed by atoms with van der Waals surface area (Å²) in [6.07, 6.45) is 0.889. The van der Waals surface area contributed by atoms with Gasteiger partial charge in [-0.2, -0.15) is 0 Å². The number of carbonyl (C=O) groups excluding carboxylic acids is 1. The van der Waals surface area contributed by atoms with Crippen LogP contribution < -0.4 is 14.8 Å². The minimum atomic E-state index is -0.310. The fraction of sp³-hybridized carbons (Fsp3) is 0.222. The number of halogens is 2. The highest BCUT2D eigenvalue weighted by Crippen LogP contribution is 2.39. The number of ether oxygens (including phenoxy) is 2. The summed E-state index contributed by atoms with van der Waals surface area (Å²) in [6.45, 7) is 2.46. The van der Waals surface area contributed by atoms with E-state index in [0.29, 0.717) is 37.6 Å². The number of thiophene rings is 1. The Morgan fingerprint density at radius 3 is 2.63 bits per heavy atom. The highest BCUT2D eigenvalue weighted by Gasteiger charge is 2.14. The maximum atomic E-state index is 12.2. The molecule has 27 heavy (non-hydrogen) atoms. The first-order valence-electron chi connectivity index (χ1n) is 8.12. The van der Waals surface area contributed by atoms with Gasteiger partial charge in [0.15, 0.2) is 23.2 Å². The van der Waals surface area contributed by atoms with Gasteiger partial charge in [0.1, 0.15) is 4.34 Å². The van der Waals surface area contributed by atoms with Crippen molar-refractivity contribution in [2.24, 2.45) is 0 Å². The van der Waals surface area contributed by atoms with E-state index in [1.807, 2.05) is 30.5 Å². The van der Waals surface area contributed by atoms with Crippen LogP contribution in [0.4, 0.5) is 5.13 Å². The Kier molecular flexibility index (Phi) is 6.95. The lowest BCUT2D eigenvalue weighted by Crippen LogP contribution is -2.20. The van der Waals surface area contributed by atoms with Crippen LogP contribution in [0.2, 0.25) is 8.67 Å². The van der Waals surface area contributed by atoms with E-state index < -0.39 is 0 Å². The van der Waals surface area contributed by atoms with Crippen LogP contribution in [0.1, 0.15) is 13.3 Å². The van der Waals surface area contributed by atoms with Crippen molar-refractivity contribution in [2.75, 3.05) is 18.5 Å². The van der Waals surface area contributed by atoms with Crippen molar-refractivity contribution in [1.29, 1.82) is 0 Å². The zero-order valence-corrected chi connectivity index (χ0v) is 17.5. The molecule has 0 aliphatic heterocycles. The molecule has 0 unspecified atom stereocenters. The first-order valence-corrected chi connectivity index (χ1v) is 10.6. The molecule has 0 saturated carbocycles. The number of hydrogen-bond acceptors (Lipinski definition) is 6. The summed E-state index contributed by atoms with van der Waals surface area (Å²) in [5, 5.41) is 5.00. The van der Waals surface area contributed by atoms with Crippen LogP contribution in [0.5, 0.6) is 11.5 Å². The molecule has 0 atom stereocenters. The van der Waals surface area contributed by atoms with E-state index >= 15 is 0 Å². The quantitative estimate of drug-likeness (QED) is 0.465. The van der Waals surface area contributed by atoms with E-state index in [1.54, 1.807) is 12.1 Å². The van der Waals surface area contributed by atoms with Crippen LogP contribution in [0.25, 0.3) is 11.3 Å². The van der Waals surface area contributed by atoms with Gasteiger partial charge in [-0.25, -0.2) is 4.98 Å². The molecule has 3 aromatic rings. The average Bonchev–Trinajstić information content (AvgIpc) is 3.24. The Labute approximate surface area is 174 Å². The van der Waals surface area contributed by atoms with Gasteiger partial charge >= 0.3 is 0 Å². The van der Waals surface area contributed by atoms with Gasteiger partial charge < -0.3 is 9.47 Å². The van der Waals surface area contributed by atoms with Gasteiger partial charge in [0, 0.05) is 10.9 Å². The first kappa shape index (κ1) is 19.9. The van der Waals surface area contributed by atoms with E-state index in [4.69, 9.17) is 32.7 Å². The lowest BCUT2D eigenvalue weighted by molar-refractivity contribution is -0.118. The van der Waals surface area contributed by atoms with Crippen molar-refractivity contribution in [2.45, 2.75) is 13.3 Å². The summed E-state index contributed by atoms with van der Waals surface area (Å²) >= 11 is 14.7. The van der Waals surface area contributed by atoms with Crippen molar-refractivity contribution < 1.29 is 14.3 Å². The van der Waals surface area contributed by atoms with Gasteiger partial charge in [-0.05, 0) is 24.6 Å². The molecule has 1 N–H and O–H groups in total. The molecule has 1 amide bonds. The molecule has 2 heterocycles. The Hall–Kier alpha value is -1.80. The Bertz CT molecular complexity index is 927. The molecule has 0 bridgehead atoms. The summed E-state index contributed by atoms with van der Waals surface area (Å²) < 4.78 is 12.4. The monoisotopic (exact) mass is 442 g/mol. The van der Waals surface area contributed by atoms with E-state index in [1.165, 1.54) is 22.7 Å². The van der Waals surface area contributed by atoms with Crippen LogP contribution in [0, 0.1) is 0 Å². The molecule has 2 aromatic heterocycles. The van der Waals surface area contributed by atoms with Crippen LogP contribution in [-0.2, 0) is 4.79 Å². The minimum absolute atomic E-state index is 0.146. The smallest absolute Gasteiger partial charge is 0.264 e. The zero-order chi connectivity index (χ0) is 19.2. The van der Waals surface area contributed by atoms with E-state index in [-0.39, 0.29) is 12.5 Å². The lowest BCUT2D eigenvalue weighted by atomic mass is 10.3. The number of rotatable bonds is 8. The Morgan fingerprint density at radius 2 is 1.96 bits per heavy atom. The summed E-state index contributed by atoms with van der Waals surface area (Å²) in [7, 11) is 0. The van der Waals surface area contributed by atoms with Crippen molar-refractivity contribution in [3.8, 4) is 22.8 Å². The Morgan fingerprint density at radius 1 is 1.22 bits per heavy atom. The number of aromatic nitrogens is 1. The fourth-order valence-corrected chi connectivity index (χ4v) is 4.38. The van der Waals surface area contributed by atoms with E-state index in [9.17, 15) is 4.79 Å².